The molecular weight excluding hydrogens is 418 g/mol. The van der Waals surface area contributed by atoms with Gasteiger partial charge in [0, 0.05) is 29.0 Å². The van der Waals surface area contributed by atoms with Gasteiger partial charge in [0.15, 0.2) is 5.65 Å². The summed E-state index contributed by atoms with van der Waals surface area (Å²) in [4.78, 5) is 33.3. The first-order chi connectivity index (χ1) is 16.1. The van der Waals surface area contributed by atoms with Gasteiger partial charge in [0.1, 0.15) is 11.3 Å². The Bertz CT molecular complexity index is 1530. The highest BCUT2D eigenvalue weighted by molar-refractivity contribution is 6.11. The zero-order valence-corrected chi connectivity index (χ0v) is 17.7. The molecule has 0 saturated heterocycles. The van der Waals surface area contributed by atoms with E-state index in [4.69, 9.17) is 0 Å². The number of hydrogen-bond donors (Lipinski definition) is 2. The molecule has 33 heavy (non-hydrogen) atoms. The molecule has 2 N–H and O–H groups in total. The summed E-state index contributed by atoms with van der Waals surface area (Å²) in [5.74, 6) is -1.38. The summed E-state index contributed by atoms with van der Waals surface area (Å²) < 4.78 is 1.54. The van der Waals surface area contributed by atoms with Crippen LogP contribution in [0.2, 0.25) is 0 Å². The fourth-order valence-corrected chi connectivity index (χ4v) is 3.92. The number of carboxylic acid groups (broad SMARTS) is 1. The number of pyridine rings is 1. The van der Waals surface area contributed by atoms with E-state index in [9.17, 15) is 14.7 Å². The summed E-state index contributed by atoms with van der Waals surface area (Å²) in [6, 6.07) is 18.5. The summed E-state index contributed by atoms with van der Waals surface area (Å²) in [6.07, 6.45) is 3.65. The number of rotatable bonds is 5. The van der Waals surface area contributed by atoms with Gasteiger partial charge in [-0.1, -0.05) is 43.3 Å². The molecule has 5 aromatic rings. The number of benzene rings is 2. The van der Waals surface area contributed by atoms with E-state index in [-0.39, 0.29) is 17.1 Å². The van der Waals surface area contributed by atoms with Crippen LogP contribution in [-0.2, 0) is 6.42 Å². The summed E-state index contributed by atoms with van der Waals surface area (Å²) in [5.41, 5.74) is 3.20. The second-order valence-electron chi connectivity index (χ2n) is 7.46. The second-order valence-corrected chi connectivity index (χ2v) is 7.46. The van der Waals surface area contributed by atoms with Crippen molar-refractivity contribution in [3.05, 3.63) is 90.0 Å². The first-order valence-corrected chi connectivity index (χ1v) is 10.4. The minimum Gasteiger partial charge on any atom is -0.477 e. The SMILES string of the molecule is CCc1nn2c(-c3cccc(NC(=O)c4nccc5ccccc45)c3)ccnc2c1C(=O)O. The first-order valence-electron chi connectivity index (χ1n) is 10.4. The minimum atomic E-state index is -1.06. The largest absolute Gasteiger partial charge is 0.477 e. The first kappa shape index (κ1) is 20.3. The van der Waals surface area contributed by atoms with E-state index in [1.165, 1.54) is 4.52 Å². The van der Waals surface area contributed by atoms with Crippen molar-refractivity contribution in [3.8, 4) is 11.3 Å². The van der Waals surface area contributed by atoms with Crippen LogP contribution in [0.25, 0.3) is 27.7 Å². The van der Waals surface area contributed by atoms with Gasteiger partial charge in [-0.15, -0.1) is 0 Å². The quantitative estimate of drug-likeness (QED) is 0.420. The smallest absolute Gasteiger partial charge is 0.341 e. The monoisotopic (exact) mass is 437 g/mol. The Morgan fingerprint density at radius 3 is 2.64 bits per heavy atom. The molecule has 5 rings (SSSR count). The van der Waals surface area contributed by atoms with Crippen LogP contribution in [0.1, 0.15) is 33.5 Å². The molecule has 3 aromatic heterocycles. The molecule has 0 bridgehead atoms. The summed E-state index contributed by atoms with van der Waals surface area (Å²) in [7, 11) is 0. The molecule has 8 heteroatoms. The number of aromatic nitrogens is 4. The van der Waals surface area contributed by atoms with Gasteiger partial charge < -0.3 is 10.4 Å². The number of hydrogen-bond acceptors (Lipinski definition) is 5. The van der Waals surface area contributed by atoms with Crippen molar-refractivity contribution < 1.29 is 14.7 Å². The van der Waals surface area contributed by atoms with Gasteiger partial charge in [-0.3, -0.25) is 9.78 Å². The molecule has 0 saturated carbocycles. The van der Waals surface area contributed by atoms with Gasteiger partial charge in [0.2, 0.25) is 0 Å². The van der Waals surface area contributed by atoms with Gasteiger partial charge in [-0.25, -0.2) is 14.3 Å². The number of anilines is 1. The van der Waals surface area contributed by atoms with Crippen molar-refractivity contribution in [1.82, 2.24) is 19.6 Å². The Hall–Kier alpha value is -4.59. The van der Waals surface area contributed by atoms with E-state index in [0.29, 0.717) is 29.2 Å². The predicted molar refractivity (Wildman–Crippen MR) is 124 cm³/mol. The lowest BCUT2D eigenvalue weighted by Gasteiger charge is -2.10. The van der Waals surface area contributed by atoms with E-state index >= 15 is 0 Å². The molecule has 0 fully saturated rings. The van der Waals surface area contributed by atoms with E-state index in [2.05, 4.69) is 20.4 Å². The molecule has 0 atom stereocenters. The molecule has 0 unspecified atom stereocenters. The molecule has 0 aliphatic carbocycles. The van der Waals surface area contributed by atoms with Crippen LogP contribution in [0.5, 0.6) is 0 Å². The topological polar surface area (TPSA) is 109 Å². The van der Waals surface area contributed by atoms with E-state index in [0.717, 1.165) is 16.3 Å². The van der Waals surface area contributed by atoms with Crippen LogP contribution >= 0.6 is 0 Å². The molecular formula is C25H19N5O3. The molecule has 1 amide bonds. The molecule has 162 valence electrons. The predicted octanol–water partition coefficient (Wildman–Crippen LogP) is 4.46. The second kappa shape index (κ2) is 8.16. The average molecular weight is 437 g/mol. The maximum Gasteiger partial charge on any atom is 0.341 e. The highest BCUT2D eigenvalue weighted by Crippen LogP contribution is 2.26. The van der Waals surface area contributed by atoms with E-state index in [1.807, 2.05) is 55.5 Å². The summed E-state index contributed by atoms with van der Waals surface area (Å²) in [6.45, 7) is 1.85. The number of nitrogens with zero attached hydrogens (tertiary/aromatic N) is 4. The van der Waals surface area contributed by atoms with Crippen molar-refractivity contribution in [1.29, 1.82) is 0 Å². The highest BCUT2D eigenvalue weighted by atomic mass is 16.4. The lowest BCUT2D eigenvalue weighted by molar-refractivity contribution is 0.0697. The minimum absolute atomic E-state index is 0.103. The zero-order valence-electron chi connectivity index (χ0n) is 17.7. The van der Waals surface area contributed by atoms with Crippen molar-refractivity contribution in [2.45, 2.75) is 13.3 Å². The average Bonchev–Trinajstić information content (AvgIpc) is 3.23. The molecule has 8 nitrogen and oxygen atoms in total. The number of nitrogens with one attached hydrogen (secondary N) is 1. The number of amides is 1. The lowest BCUT2D eigenvalue weighted by Crippen LogP contribution is -2.14. The third-order valence-electron chi connectivity index (χ3n) is 5.44. The van der Waals surface area contributed by atoms with Gasteiger partial charge in [-0.2, -0.15) is 5.10 Å². The Balaban J connectivity index is 1.53. The third-order valence-corrected chi connectivity index (χ3v) is 5.44. The highest BCUT2D eigenvalue weighted by Gasteiger charge is 2.21. The van der Waals surface area contributed by atoms with Gasteiger partial charge in [0.25, 0.3) is 5.91 Å². The number of fused-ring (bicyclic) bond motifs is 2. The fourth-order valence-electron chi connectivity index (χ4n) is 3.92. The van der Waals surface area contributed by atoms with E-state index in [1.54, 1.807) is 24.5 Å². The normalized spacial score (nSPS) is 11.1. The molecule has 3 heterocycles. The maximum absolute atomic E-state index is 13.0. The molecule has 0 aliphatic heterocycles. The summed E-state index contributed by atoms with van der Waals surface area (Å²) >= 11 is 0. The van der Waals surface area contributed by atoms with Crippen LogP contribution in [-0.4, -0.2) is 36.6 Å². The zero-order chi connectivity index (χ0) is 22.9. The molecule has 2 aromatic carbocycles. The van der Waals surface area contributed by atoms with Gasteiger partial charge >= 0.3 is 5.97 Å². The van der Waals surface area contributed by atoms with Gasteiger partial charge in [-0.05, 0) is 36.1 Å². The van der Waals surface area contributed by atoms with Crippen LogP contribution in [0, 0.1) is 0 Å². The molecule has 0 aliphatic rings. The Labute approximate surface area is 188 Å². The number of carbonyl (C=O) groups excluding carboxylic acids is 1. The van der Waals surface area contributed by atoms with Crippen molar-refractivity contribution in [2.75, 3.05) is 5.32 Å². The Morgan fingerprint density at radius 2 is 1.82 bits per heavy atom. The van der Waals surface area contributed by atoms with Crippen LogP contribution in [0.4, 0.5) is 5.69 Å². The third kappa shape index (κ3) is 3.57. The van der Waals surface area contributed by atoms with Gasteiger partial charge in [0.05, 0.1) is 11.4 Å². The van der Waals surface area contributed by atoms with Crippen LogP contribution < -0.4 is 5.32 Å². The number of carboxylic acids is 1. The van der Waals surface area contributed by atoms with Crippen molar-refractivity contribution in [2.24, 2.45) is 0 Å². The van der Waals surface area contributed by atoms with Crippen molar-refractivity contribution in [3.63, 3.8) is 0 Å². The molecule has 0 spiro atoms. The van der Waals surface area contributed by atoms with Crippen LogP contribution in [0.15, 0.2) is 73.1 Å². The van der Waals surface area contributed by atoms with Crippen molar-refractivity contribution >= 4 is 34.0 Å². The number of carbonyl (C=O) groups is 2. The molecule has 0 radical (unpaired) electrons. The van der Waals surface area contributed by atoms with E-state index < -0.39 is 5.97 Å². The number of aryl methyl sites for hydroxylation is 1. The Kier molecular flexibility index (Phi) is 5.02. The number of aromatic carboxylic acids is 1. The maximum atomic E-state index is 13.0. The fraction of sp³-hybridized carbons (Fsp3) is 0.0800. The lowest BCUT2D eigenvalue weighted by atomic mass is 10.1. The summed E-state index contributed by atoms with van der Waals surface area (Å²) in [5, 5.41) is 18.7. The Morgan fingerprint density at radius 1 is 1.00 bits per heavy atom. The van der Waals surface area contributed by atoms with Crippen LogP contribution in [0.3, 0.4) is 0 Å². The standard InChI is InChI=1S/C25H19N5O3/c1-2-19-21(25(32)33)23-27-13-11-20(30(23)29-19)16-7-5-8-17(14-16)28-24(31)22-18-9-4-3-6-15(18)10-12-26-22/h3-14H,2H2,1H3,(H,28,31)(H,32,33).